The van der Waals surface area contributed by atoms with Gasteiger partial charge in [-0.25, -0.2) is 0 Å². The maximum Gasteiger partial charge on any atom is 0.279 e. The molecule has 1 aromatic heterocycles. The number of rotatable bonds is 6. The van der Waals surface area contributed by atoms with E-state index in [1.807, 2.05) is 29.0 Å². The van der Waals surface area contributed by atoms with Gasteiger partial charge in [-0.15, -0.1) is 0 Å². The number of thiazole rings is 1. The molecule has 1 heterocycles. The first-order valence-electron chi connectivity index (χ1n) is 8.03. The summed E-state index contributed by atoms with van der Waals surface area (Å²) in [6.07, 6.45) is 2.02. The van der Waals surface area contributed by atoms with Crippen molar-refractivity contribution in [2.45, 2.75) is 6.54 Å². The average molecular weight is 403 g/mol. The molecule has 0 unspecified atom stereocenters. The number of carbonyl (C=O) groups excluding carboxylic acids is 1. The van der Waals surface area contributed by atoms with Crippen molar-refractivity contribution in [3.05, 3.63) is 62.9 Å². The SMILES string of the molecule is COc1ccc2c(c1)sc(=NC(=O)c1cccc([N+](=O)[O-])c1)n2CCSC. The highest BCUT2D eigenvalue weighted by atomic mass is 32.2. The zero-order valence-electron chi connectivity index (χ0n) is 14.7. The van der Waals surface area contributed by atoms with E-state index in [1.165, 1.54) is 35.6 Å². The highest BCUT2D eigenvalue weighted by Gasteiger charge is 2.13. The minimum atomic E-state index is -0.527. The smallest absolute Gasteiger partial charge is 0.279 e. The van der Waals surface area contributed by atoms with Crippen LogP contribution in [0.4, 0.5) is 5.69 Å². The predicted molar refractivity (Wildman–Crippen MR) is 108 cm³/mol. The fourth-order valence-corrected chi connectivity index (χ4v) is 4.02. The molecule has 0 aliphatic heterocycles. The number of fused-ring (bicyclic) bond motifs is 1. The highest BCUT2D eigenvalue weighted by molar-refractivity contribution is 7.98. The lowest BCUT2D eigenvalue weighted by atomic mass is 10.2. The van der Waals surface area contributed by atoms with Crippen molar-refractivity contribution < 1.29 is 14.5 Å². The van der Waals surface area contributed by atoms with Crippen LogP contribution in [0.3, 0.4) is 0 Å². The van der Waals surface area contributed by atoms with Gasteiger partial charge in [-0.2, -0.15) is 16.8 Å². The minimum absolute atomic E-state index is 0.132. The maximum atomic E-state index is 12.6. The van der Waals surface area contributed by atoms with Crippen LogP contribution in [0.15, 0.2) is 47.5 Å². The largest absolute Gasteiger partial charge is 0.497 e. The van der Waals surface area contributed by atoms with Gasteiger partial charge in [0.25, 0.3) is 11.6 Å². The molecule has 0 saturated carbocycles. The van der Waals surface area contributed by atoms with Crippen molar-refractivity contribution in [2.24, 2.45) is 4.99 Å². The van der Waals surface area contributed by atoms with Gasteiger partial charge < -0.3 is 9.30 Å². The summed E-state index contributed by atoms with van der Waals surface area (Å²) in [4.78, 5) is 27.8. The number of nitro groups is 1. The molecule has 0 atom stereocenters. The lowest BCUT2D eigenvalue weighted by molar-refractivity contribution is -0.384. The normalized spacial score (nSPS) is 11.7. The molecule has 0 fully saturated rings. The molecule has 0 aliphatic carbocycles. The second-order valence-electron chi connectivity index (χ2n) is 5.59. The molecule has 0 radical (unpaired) electrons. The van der Waals surface area contributed by atoms with Crippen LogP contribution < -0.4 is 9.54 Å². The zero-order chi connectivity index (χ0) is 19.4. The summed E-state index contributed by atoms with van der Waals surface area (Å²) in [5.74, 6) is 1.10. The van der Waals surface area contributed by atoms with E-state index in [1.54, 1.807) is 18.9 Å². The van der Waals surface area contributed by atoms with E-state index in [0.717, 1.165) is 21.7 Å². The van der Waals surface area contributed by atoms with Crippen LogP contribution in [0, 0.1) is 10.1 Å². The number of amides is 1. The van der Waals surface area contributed by atoms with Gasteiger partial charge in [0.1, 0.15) is 5.75 Å². The number of hydrogen-bond donors (Lipinski definition) is 0. The molecular formula is C18H17N3O4S2. The fourth-order valence-electron chi connectivity index (χ4n) is 2.57. The van der Waals surface area contributed by atoms with Gasteiger partial charge in [-0.3, -0.25) is 14.9 Å². The first-order valence-corrected chi connectivity index (χ1v) is 10.2. The van der Waals surface area contributed by atoms with E-state index in [4.69, 9.17) is 4.74 Å². The van der Waals surface area contributed by atoms with Gasteiger partial charge in [0, 0.05) is 30.0 Å². The summed E-state index contributed by atoms with van der Waals surface area (Å²) in [5, 5.41) is 10.9. The van der Waals surface area contributed by atoms with Gasteiger partial charge in [-0.05, 0) is 30.5 Å². The van der Waals surface area contributed by atoms with Crippen molar-refractivity contribution in [3.63, 3.8) is 0 Å². The number of hydrogen-bond acceptors (Lipinski definition) is 6. The Morgan fingerprint density at radius 3 is 2.85 bits per heavy atom. The molecule has 9 heteroatoms. The Bertz CT molecular complexity index is 1070. The molecule has 0 N–H and O–H groups in total. The van der Waals surface area contributed by atoms with Crippen molar-refractivity contribution in [1.82, 2.24) is 4.57 Å². The van der Waals surface area contributed by atoms with Crippen LogP contribution in [0.2, 0.25) is 0 Å². The summed E-state index contributed by atoms with van der Waals surface area (Å²) in [7, 11) is 1.60. The molecular weight excluding hydrogens is 386 g/mol. The van der Waals surface area contributed by atoms with Gasteiger partial charge in [0.2, 0.25) is 0 Å². The number of nitro benzene ring substituents is 1. The first kappa shape index (κ1) is 19.1. The van der Waals surface area contributed by atoms with Gasteiger partial charge in [-0.1, -0.05) is 17.4 Å². The van der Waals surface area contributed by atoms with Crippen LogP contribution in [-0.2, 0) is 6.54 Å². The third kappa shape index (κ3) is 4.20. The maximum absolute atomic E-state index is 12.6. The molecule has 3 rings (SSSR count). The Morgan fingerprint density at radius 2 is 2.15 bits per heavy atom. The Labute approximate surface area is 163 Å². The Kier molecular flexibility index (Phi) is 5.92. The van der Waals surface area contributed by atoms with Crippen molar-refractivity contribution in [2.75, 3.05) is 19.1 Å². The highest BCUT2D eigenvalue weighted by Crippen LogP contribution is 2.23. The van der Waals surface area contributed by atoms with Crippen LogP contribution in [0.1, 0.15) is 10.4 Å². The molecule has 1 amide bonds. The van der Waals surface area contributed by atoms with Crippen LogP contribution in [-0.4, -0.2) is 34.5 Å². The molecule has 27 heavy (non-hydrogen) atoms. The van der Waals surface area contributed by atoms with Crippen LogP contribution >= 0.6 is 23.1 Å². The Morgan fingerprint density at radius 1 is 1.33 bits per heavy atom. The van der Waals surface area contributed by atoms with Crippen LogP contribution in [0.5, 0.6) is 5.75 Å². The number of carbonyl (C=O) groups is 1. The standard InChI is InChI=1S/C18H17N3O4S2/c1-25-14-6-7-15-16(11-14)27-18(20(15)8-9-26-2)19-17(22)12-4-3-5-13(10-12)21(23)24/h3-7,10-11H,8-9H2,1-2H3. The summed E-state index contributed by atoms with van der Waals surface area (Å²) in [6, 6.07) is 11.3. The Balaban J connectivity index is 2.09. The van der Waals surface area contributed by atoms with E-state index in [0.29, 0.717) is 11.3 Å². The number of aryl methyl sites for hydroxylation is 1. The number of benzene rings is 2. The van der Waals surface area contributed by atoms with Crippen molar-refractivity contribution in [3.8, 4) is 5.75 Å². The molecule has 0 bridgehead atoms. The lowest BCUT2D eigenvalue weighted by Crippen LogP contribution is -2.18. The molecule has 0 saturated heterocycles. The van der Waals surface area contributed by atoms with Gasteiger partial charge in [0.05, 0.1) is 22.2 Å². The number of aromatic nitrogens is 1. The predicted octanol–water partition coefficient (Wildman–Crippen LogP) is 3.72. The third-order valence-electron chi connectivity index (χ3n) is 3.91. The molecule has 7 nitrogen and oxygen atoms in total. The molecule has 140 valence electrons. The van der Waals surface area contributed by atoms with Gasteiger partial charge >= 0.3 is 0 Å². The number of ether oxygens (including phenoxy) is 1. The summed E-state index contributed by atoms with van der Waals surface area (Å²) < 4.78 is 8.22. The second-order valence-corrected chi connectivity index (χ2v) is 7.58. The second kappa shape index (κ2) is 8.36. The van der Waals surface area contributed by atoms with Crippen molar-refractivity contribution in [1.29, 1.82) is 0 Å². The van der Waals surface area contributed by atoms with E-state index >= 15 is 0 Å². The number of nitrogens with zero attached hydrogens (tertiary/aromatic N) is 3. The van der Waals surface area contributed by atoms with Crippen molar-refractivity contribution >= 4 is 44.9 Å². The van der Waals surface area contributed by atoms with E-state index in [-0.39, 0.29) is 11.3 Å². The van der Waals surface area contributed by atoms with E-state index in [9.17, 15) is 14.9 Å². The summed E-state index contributed by atoms with van der Waals surface area (Å²) in [6.45, 7) is 0.703. The summed E-state index contributed by atoms with van der Waals surface area (Å²) in [5.41, 5.74) is 1.03. The molecule has 3 aromatic rings. The first-order chi connectivity index (χ1) is 13.0. The molecule has 0 spiro atoms. The fraction of sp³-hybridized carbons (Fsp3) is 0.222. The Hall–Kier alpha value is -2.65. The average Bonchev–Trinajstić information content (AvgIpc) is 3.02. The number of methoxy groups -OCH3 is 1. The minimum Gasteiger partial charge on any atom is -0.497 e. The van der Waals surface area contributed by atoms with E-state index < -0.39 is 10.8 Å². The zero-order valence-corrected chi connectivity index (χ0v) is 16.4. The summed E-state index contributed by atoms with van der Waals surface area (Å²) >= 11 is 3.09. The molecule has 2 aromatic carbocycles. The lowest BCUT2D eigenvalue weighted by Gasteiger charge is -2.04. The topological polar surface area (TPSA) is 86.7 Å². The molecule has 0 aliphatic rings. The monoisotopic (exact) mass is 403 g/mol. The van der Waals surface area contributed by atoms with Gasteiger partial charge in [0.15, 0.2) is 4.80 Å². The van der Waals surface area contributed by atoms with E-state index in [2.05, 4.69) is 4.99 Å². The number of thioether (sulfide) groups is 1. The van der Waals surface area contributed by atoms with Crippen LogP contribution in [0.25, 0.3) is 10.2 Å². The quantitative estimate of drug-likeness (QED) is 0.462. The third-order valence-corrected chi connectivity index (χ3v) is 5.54. The number of non-ortho nitro benzene ring substituents is 1.